The molecular weight excluding hydrogens is 660 g/mol. The summed E-state index contributed by atoms with van der Waals surface area (Å²) in [4.78, 5) is 35.7. The van der Waals surface area contributed by atoms with Crippen molar-refractivity contribution in [1.82, 2.24) is 14.7 Å². The minimum atomic E-state index is -4.61. The summed E-state index contributed by atoms with van der Waals surface area (Å²) >= 11 is 0. The first-order valence-electron chi connectivity index (χ1n) is 17.1. The lowest BCUT2D eigenvalue weighted by molar-refractivity contribution is -0.132. The zero-order chi connectivity index (χ0) is 35.6. The Balaban J connectivity index is 1.45. The summed E-state index contributed by atoms with van der Waals surface area (Å²) in [5.41, 5.74) is -1.08. The van der Waals surface area contributed by atoms with Gasteiger partial charge in [-0.05, 0) is 88.3 Å². The van der Waals surface area contributed by atoms with Gasteiger partial charge in [0.15, 0.2) is 0 Å². The van der Waals surface area contributed by atoms with E-state index in [1.807, 2.05) is 13.8 Å². The van der Waals surface area contributed by atoms with Crippen LogP contribution in [0.1, 0.15) is 42.9 Å². The van der Waals surface area contributed by atoms with Gasteiger partial charge < -0.3 is 28.7 Å². The van der Waals surface area contributed by atoms with Gasteiger partial charge in [-0.25, -0.2) is 13.2 Å². The minimum Gasteiger partial charge on any atom is -0.497 e. The molecule has 12 nitrogen and oxygen atoms in total. The molecule has 13 heteroatoms. The number of carbonyl (C=O) groups excluding carboxylic acids is 2. The molecule has 0 aromatic heterocycles. The fourth-order valence-electron chi connectivity index (χ4n) is 7.13. The third-order valence-corrected chi connectivity index (χ3v) is 11.6. The number of hydrogen-bond acceptors (Lipinski definition) is 10. The number of piperazine rings is 1. The maximum absolute atomic E-state index is 15.2. The van der Waals surface area contributed by atoms with Crippen molar-refractivity contribution in [3.63, 3.8) is 0 Å². The van der Waals surface area contributed by atoms with E-state index in [1.165, 1.54) is 26.4 Å². The molecular formula is C37H46N4O8S. The lowest BCUT2D eigenvalue weighted by Gasteiger charge is -2.42. The predicted molar refractivity (Wildman–Crippen MR) is 189 cm³/mol. The maximum atomic E-state index is 15.2. The lowest BCUT2D eigenvalue weighted by atomic mass is 9.86. The summed E-state index contributed by atoms with van der Waals surface area (Å²) in [6.07, 6.45) is 2.09. The average Bonchev–Trinajstić information content (AvgIpc) is 3.38. The number of aryl methyl sites for hydroxylation is 1. The number of para-hydroxylation sites is 1. The number of sulfonamides is 1. The number of carbonyl (C=O) groups is 2. The molecule has 3 aliphatic heterocycles. The van der Waals surface area contributed by atoms with Gasteiger partial charge in [0.25, 0.3) is 15.9 Å². The fourth-order valence-corrected chi connectivity index (χ4v) is 8.73. The summed E-state index contributed by atoms with van der Waals surface area (Å²) < 4.78 is 53.6. The normalized spacial score (nSPS) is 20.5. The number of piperidine rings is 1. The molecule has 268 valence electrons. The summed E-state index contributed by atoms with van der Waals surface area (Å²) in [7, 11) is 0.366. The van der Waals surface area contributed by atoms with Crippen LogP contribution in [0.4, 0.5) is 10.5 Å². The average molecular weight is 707 g/mol. The van der Waals surface area contributed by atoms with Gasteiger partial charge in [-0.1, -0.05) is 31.2 Å². The van der Waals surface area contributed by atoms with Crippen molar-refractivity contribution in [2.45, 2.75) is 49.6 Å². The van der Waals surface area contributed by atoms with Crippen molar-refractivity contribution in [1.29, 1.82) is 0 Å². The molecule has 0 bridgehead atoms. The first-order valence-corrected chi connectivity index (χ1v) is 18.5. The zero-order valence-electron chi connectivity index (χ0n) is 29.4. The highest BCUT2D eigenvalue weighted by Crippen LogP contribution is 2.53. The SMILES string of the molecule is CCCOc1ccccc1C1(OC(=O)N2CCN(C3CCN(C)CC3)CC2)C(=O)N(S(=O)(=O)c2ccc(C)cc2OC)c2ccc(OC)cc21. The minimum absolute atomic E-state index is 0.0311. The van der Waals surface area contributed by atoms with Crippen LogP contribution in [0.3, 0.4) is 0 Å². The Morgan fingerprint density at radius 3 is 2.28 bits per heavy atom. The second-order valence-electron chi connectivity index (χ2n) is 13.1. The first-order chi connectivity index (χ1) is 24.0. The van der Waals surface area contributed by atoms with Crippen LogP contribution in [-0.4, -0.2) is 108 Å². The molecule has 0 aliphatic carbocycles. The highest BCUT2D eigenvalue weighted by atomic mass is 32.2. The quantitative estimate of drug-likeness (QED) is 0.296. The van der Waals surface area contributed by atoms with Gasteiger partial charge in [-0.15, -0.1) is 0 Å². The third kappa shape index (κ3) is 6.38. The van der Waals surface area contributed by atoms with E-state index in [0.29, 0.717) is 56.7 Å². The molecule has 2 saturated heterocycles. The van der Waals surface area contributed by atoms with Crippen LogP contribution < -0.4 is 18.5 Å². The zero-order valence-corrected chi connectivity index (χ0v) is 30.2. The van der Waals surface area contributed by atoms with Crippen LogP contribution in [0, 0.1) is 6.92 Å². The van der Waals surface area contributed by atoms with Gasteiger partial charge in [-0.2, -0.15) is 4.31 Å². The predicted octanol–water partition coefficient (Wildman–Crippen LogP) is 4.63. The molecule has 3 aromatic carbocycles. The highest BCUT2D eigenvalue weighted by Gasteiger charge is 2.61. The van der Waals surface area contributed by atoms with Gasteiger partial charge in [0.05, 0.1) is 32.1 Å². The number of nitrogens with zero attached hydrogens (tertiary/aromatic N) is 4. The molecule has 2 fully saturated rings. The lowest BCUT2D eigenvalue weighted by Crippen LogP contribution is -2.55. The number of methoxy groups -OCH3 is 2. The Bertz CT molecular complexity index is 1840. The number of anilines is 1. The second kappa shape index (κ2) is 14.5. The van der Waals surface area contributed by atoms with Crippen molar-refractivity contribution in [2.24, 2.45) is 0 Å². The van der Waals surface area contributed by atoms with E-state index in [4.69, 9.17) is 18.9 Å². The van der Waals surface area contributed by atoms with Crippen molar-refractivity contribution in [3.05, 3.63) is 77.4 Å². The van der Waals surface area contributed by atoms with E-state index in [1.54, 1.807) is 53.4 Å². The number of ether oxygens (including phenoxy) is 4. The Morgan fingerprint density at radius 2 is 1.60 bits per heavy atom. The molecule has 0 spiro atoms. The monoisotopic (exact) mass is 706 g/mol. The molecule has 3 heterocycles. The van der Waals surface area contributed by atoms with Gasteiger partial charge in [-0.3, -0.25) is 9.69 Å². The van der Waals surface area contributed by atoms with Crippen molar-refractivity contribution in [3.8, 4) is 17.2 Å². The van der Waals surface area contributed by atoms with Crippen LogP contribution in [0.15, 0.2) is 65.6 Å². The molecule has 0 radical (unpaired) electrons. The van der Waals surface area contributed by atoms with E-state index in [2.05, 4.69) is 16.8 Å². The van der Waals surface area contributed by atoms with Crippen molar-refractivity contribution < 1.29 is 37.0 Å². The summed E-state index contributed by atoms with van der Waals surface area (Å²) in [5, 5.41) is 0. The standard InChI is InChI=1S/C37H46N4O8S/c1-6-23-48-32-10-8-7-9-29(32)37(49-36(43)40-21-19-39(20-22-40)27-15-17-38(3)18-16-27)30-25-28(46-4)12-13-31(30)41(35(37)42)50(44,45)34-14-11-26(2)24-33(34)47-5/h7-14,24-25,27H,6,15-23H2,1-5H3. The Kier molecular flexibility index (Phi) is 10.3. The summed E-state index contributed by atoms with van der Waals surface area (Å²) in [6, 6.07) is 16.5. The highest BCUT2D eigenvalue weighted by molar-refractivity contribution is 7.93. The van der Waals surface area contributed by atoms with Crippen molar-refractivity contribution in [2.75, 3.05) is 71.4 Å². The molecule has 0 N–H and O–H groups in total. The topological polar surface area (TPSA) is 118 Å². The van der Waals surface area contributed by atoms with Gasteiger partial charge in [0.1, 0.15) is 22.1 Å². The summed E-state index contributed by atoms with van der Waals surface area (Å²) in [5.74, 6) is -0.253. The van der Waals surface area contributed by atoms with Gasteiger partial charge in [0, 0.05) is 37.8 Å². The summed E-state index contributed by atoms with van der Waals surface area (Å²) in [6.45, 7) is 8.29. The van der Waals surface area contributed by atoms with Crippen LogP contribution in [-0.2, 0) is 25.2 Å². The molecule has 50 heavy (non-hydrogen) atoms. The largest absolute Gasteiger partial charge is 0.497 e. The molecule has 3 aromatic rings. The fraction of sp³-hybridized carbons (Fsp3) is 0.459. The van der Waals surface area contributed by atoms with Gasteiger partial charge in [0.2, 0.25) is 5.60 Å². The Labute approximate surface area is 294 Å². The van der Waals surface area contributed by atoms with Crippen LogP contribution >= 0.6 is 0 Å². The van der Waals surface area contributed by atoms with E-state index >= 15 is 4.79 Å². The van der Waals surface area contributed by atoms with E-state index < -0.39 is 27.6 Å². The smallest absolute Gasteiger partial charge is 0.411 e. The molecule has 6 rings (SSSR count). The van der Waals surface area contributed by atoms with Crippen molar-refractivity contribution >= 4 is 27.7 Å². The number of fused-ring (bicyclic) bond motifs is 1. The maximum Gasteiger partial charge on any atom is 0.411 e. The van der Waals surface area contributed by atoms with Crippen LogP contribution in [0.5, 0.6) is 17.2 Å². The van der Waals surface area contributed by atoms with Gasteiger partial charge >= 0.3 is 6.09 Å². The number of amides is 2. The van der Waals surface area contributed by atoms with E-state index in [-0.39, 0.29) is 27.5 Å². The molecule has 0 saturated carbocycles. The van der Waals surface area contributed by atoms with Crippen LogP contribution in [0.25, 0.3) is 0 Å². The molecule has 2 amide bonds. The van der Waals surface area contributed by atoms with Crippen LogP contribution in [0.2, 0.25) is 0 Å². The molecule has 1 unspecified atom stereocenters. The van der Waals surface area contributed by atoms with E-state index in [9.17, 15) is 13.2 Å². The first kappa shape index (κ1) is 35.5. The number of rotatable bonds is 10. The molecule has 1 atom stereocenters. The second-order valence-corrected chi connectivity index (χ2v) is 14.8. The number of hydrogen-bond donors (Lipinski definition) is 0. The molecule has 3 aliphatic rings. The third-order valence-electron chi connectivity index (χ3n) is 9.87. The van der Waals surface area contributed by atoms with E-state index in [0.717, 1.165) is 35.8 Å². The number of benzene rings is 3. The Morgan fingerprint density at radius 1 is 0.880 bits per heavy atom. The number of likely N-dealkylation sites (tertiary alicyclic amines) is 1. The Hall–Kier alpha value is -4.33.